The number of nitrogens with one attached hydrogen (secondary N) is 1. The Morgan fingerprint density at radius 3 is 2.91 bits per heavy atom. The summed E-state index contributed by atoms with van der Waals surface area (Å²) >= 11 is 1.72. The highest BCUT2D eigenvalue weighted by molar-refractivity contribution is 8.00. The molecule has 0 fully saturated rings. The van der Waals surface area contributed by atoms with Crippen LogP contribution in [-0.2, 0) is 23.8 Å². The van der Waals surface area contributed by atoms with Crippen molar-refractivity contribution in [3.63, 3.8) is 0 Å². The molecule has 1 N–H and O–H groups in total. The fourth-order valence-corrected chi connectivity index (χ4v) is 3.99. The van der Waals surface area contributed by atoms with Gasteiger partial charge in [0.25, 0.3) is 0 Å². The van der Waals surface area contributed by atoms with Crippen molar-refractivity contribution in [1.29, 1.82) is 0 Å². The van der Waals surface area contributed by atoms with E-state index in [0.29, 0.717) is 0 Å². The van der Waals surface area contributed by atoms with E-state index in [1.54, 1.807) is 16.4 Å². The second-order valence-electron chi connectivity index (χ2n) is 6.22. The predicted octanol–water partition coefficient (Wildman–Crippen LogP) is 2.80. The third-order valence-electron chi connectivity index (χ3n) is 4.09. The first kappa shape index (κ1) is 15.2. The number of thioether (sulfide) groups is 1. The zero-order valence-electron chi connectivity index (χ0n) is 13.2. The Bertz CT molecular complexity index is 693. The number of amides is 1. The van der Waals surface area contributed by atoms with E-state index in [-0.39, 0.29) is 11.2 Å². The number of hydrogen-bond acceptors (Lipinski definition) is 3. The van der Waals surface area contributed by atoms with Crippen LogP contribution in [0.3, 0.4) is 0 Å². The molecule has 0 saturated carbocycles. The van der Waals surface area contributed by atoms with Gasteiger partial charge < -0.3 is 5.32 Å². The smallest absolute Gasteiger partial charge is 0.238 e. The SMILES string of the molecule is Cn1cc(C(C)(C)NC(=O)C2SCCc3ccccc32)cn1. The van der Waals surface area contributed by atoms with Gasteiger partial charge in [-0.25, -0.2) is 0 Å². The van der Waals surface area contributed by atoms with Crippen molar-refractivity contribution in [2.24, 2.45) is 7.05 Å². The summed E-state index contributed by atoms with van der Waals surface area (Å²) in [5.41, 5.74) is 3.02. The van der Waals surface area contributed by atoms with Crippen molar-refractivity contribution in [3.05, 3.63) is 53.3 Å². The van der Waals surface area contributed by atoms with Gasteiger partial charge in [-0.1, -0.05) is 24.3 Å². The quantitative estimate of drug-likeness (QED) is 0.947. The molecule has 2 heterocycles. The molecule has 0 spiro atoms. The first-order valence-electron chi connectivity index (χ1n) is 7.48. The van der Waals surface area contributed by atoms with Crippen LogP contribution in [-0.4, -0.2) is 21.4 Å². The van der Waals surface area contributed by atoms with Gasteiger partial charge in [-0.05, 0) is 37.1 Å². The van der Waals surface area contributed by atoms with Gasteiger partial charge in [0, 0.05) is 18.8 Å². The van der Waals surface area contributed by atoms with E-state index in [1.807, 2.05) is 45.4 Å². The third kappa shape index (κ3) is 2.90. The maximum absolute atomic E-state index is 12.8. The van der Waals surface area contributed by atoms with Crippen molar-refractivity contribution in [2.75, 3.05) is 5.75 Å². The van der Waals surface area contributed by atoms with Crippen molar-refractivity contribution in [3.8, 4) is 0 Å². The largest absolute Gasteiger partial charge is 0.346 e. The molecule has 0 radical (unpaired) electrons. The molecule has 4 nitrogen and oxygen atoms in total. The van der Waals surface area contributed by atoms with Crippen LogP contribution in [0.2, 0.25) is 0 Å². The van der Waals surface area contributed by atoms with Gasteiger partial charge in [0.15, 0.2) is 0 Å². The second-order valence-corrected chi connectivity index (χ2v) is 7.43. The number of aromatic nitrogens is 2. The highest BCUT2D eigenvalue weighted by Crippen LogP contribution is 2.37. The van der Waals surface area contributed by atoms with E-state index < -0.39 is 5.54 Å². The molecule has 1 aliphatic rings. The zero-order chi connectivity index (χ0) is 15.7. The Morgan fingerprint density at radius 1 is 1.41 bits per heavy atom. The maximum Gasteiger partial charge on any atom is 0.238 e. The van der Waals surface area contributed by atoms with Gasteiger partial charge >= 0.3 is 0 Å². The van der Waals surface area contributed by atoms with Crippen molar-refractivity contribution in [2.45, 2.75) is 31.1 Å². The summed E-state index contributed by atoms with van der Waals surface area (Å²) < 4.78 is 1.76. The maximum atomic E-state index is 12.8. The van der Waals surface area contributed by atoms with Crippen LogP contribution < -0.4 is 5.32 Å². The Labute approximate surface area is 135 Å². The molecule has 0 bridgehead atoms. The first-order chi connectivity index (χ1) is 10.5. The summed E-state index contributed by atoms with van der Waals surface area (Å²) in [6, 6.07) is 8.25. The minimum Gasteiger partial charge on any atom is -0.346 e. The van der Waals surface area contributed by atoms with Crippen LogP contribution in [0.4, 0.5) is 0 Å². The van der Waals surface area contributed by atoms with Gasteiger partial charge in [0.05, 0.1) is 11.7 Å². The number of fused-ring (bicyclic) bond motifs is 1. The minimum absolute atomic E-state index is 0.0750. The second kappa shape index (κ2) is 5.80. The summed E-state index contributed by atoms with van der Waals surface area (Å²) in [5.74, 6) is 1.06. The van der Waals surface area contributed by atoms with Crippen LogP contribution in [0, 0.1) is 0 Å². The molecule has 0 saturated heterocycles. The van der Waals surface area contributed by atoms with Gasteiger partial charge in [-0.2, -0.15) is 5.10 Å². The number of carbonyl (C=O) groups excluding carboxylic acids is 1. The van der Waals surface area contributed by atoms with Crippen molar-refractivity contribution >= 4 is 17.7 Å². The topological polar surface area (TPSA) is 46.9 Å². The van der Waals surface area contributed by atoms with Crippen LogP contribution in [0.25, 0.3) is 0 Å². The molecule has 1 amide bonds. The number of nitrogens with zero attached hydrogens (tertiary/aromatic N) is 2. The molecule has 5 heteroatoms. The lowest BCUT2D eigenvalue weighted by atomic mass is 9.96. The van der Waals surface area contributed by atoms with E-state index in [9.17, 15) is 4.79 Å². The normalized spacial score (nSPS) is 17.9. The van der Waals surface area contributed by atoms with Crippen molar-refractivity contribution < 1.29 is 4.79 Å². The predicted molar refractivity (Wildman–Crippen MR) is 89.7 cm³/mol. The number of rotatable bonds is 3. The summed E-state index contributed by atoms with van der Waals surface area (Å²) in [5, 5.41) is 7.26. The zero-order valence-corrected chi connectivity index (χ0v) is 14.0. The van der Waals surface area contributed by atoms with Gasteiger partial charge in [0.1, 0.15) is 5.25 Å². The monoisotopic (exact) mass is 315 g/mol. The molecule has 1 unspecified atom stereocenters. The first-order valence-corrected chi connectivity index (χ1v) is 8.53. The highest BCUT2D eigenvalue weighted by Gasteiger charge is 2.31. The molecule has 1 aromatic heterocycles. The summed E-state index contributed by atoms with van der Waals surface area (Å²) in [6.07, 6.45) is 4.79. The molecular formula is C17H21N3OS. The average molecular weight is 315 g/mol. The van der Waals surface area contributed by atoms with Crippen LogP contribution >= 0.6 is 11.8 Å². The standard InChI is InChI=1S/C17H21N3OS/c1-17(2,13-10-18-20(3)11-13)19-16(21)15-14-7-5-4-6-12(14)8-9-22-15/h4-7,10-11,15H,8-9H2,1-3H3,(H,19,21). The molecule has 0 aliphatic carbocycles. The Balaban J connectivity index is 1.81. The summed E-state index contributed by atoms with van der Waals surface area (Å²) in [6.45, 7) is 4.03. The molecule has 1 aliphatic heterocycles. The summed E-state index contributed by atoms with van der Waals surface area (Å²) in [4.78, 5) is 12.8. The molecule has 22 heavy (non-hydrogen) atoms. The van der Waals surface area contributed by atoms with E-state index in [2.05, 4.69) is 22.5 Å². The van der Waals surface area contributed by atoms with Crippen LogP contribution in [0.5, 0.6) is 0 Å². The van der Waals surface area contributed by atoms with E-state index in [4.69, 9.17) is 0 Å². The van der Waals surface area contributed by atoms with E-state index in [0.717, 1.165) is 23.3 Å². The lowest BCUT2D eigenvalue weighted by molar-refractivity contribution is -0.122. The molecule has 1 atom stereocenters. The van der Waals surface area contributed by atoms with Gasteiger partial charge in [0.2, 0.25) is 5.91 Å². The molecule has 1 aromatic carbocycles. The lowest BCUT2D eigenvalue weighted by Crippen LogP contribution is -2.43. The summed E-state index contributed by atoms with van der Waals surface area (Å²) in [7, 11) is 1.88. The number of hydrogen-bond donors (Lipinski definition) is 1. The van der Waals surface area contributed by atoms with Gasteiger partial charge in [-0.15, -0.1) is 11.8 Å². The fraction of sp³-hybridized carbons (Fsp3) is 0.412. The number of carbonyl (C=O) groups is 1. The molecule has 116 valence electrons. The Hall–Kier alpha value is -1.75. The molecule has 3 rings (SSSR count). The lowest BCUT2D eigenvalue weighted by Gasteiger charge is -2.30. The Morgan fingerprint density at radius 2 is 2.18 bits per heavy atom. The number of aryl methyl sites for hydroxylation is 2. The van der Waals surface area contributed by atoms with Gasteiger partial charge in [-0.3, -0.25) is 9.48 Å². The third-order valence-corrected chi connectivity index (χ3v) is 5.34. The van der Waals surface area contributed by atoms with Crippen LogP contribution in [0.15, 0.2) is 36.7 Å². The molecular weight excluding hydrogens is 294 g/mol. The highest BCUT2D eigenvalue weighted by atomic mass is 32.2. The average Bonchev–Trinajstić information content (AvgIpc) is 2.94. The molecule has 2 aromatic rings. The van der Waals surface area contributed by atoms with Crippen LogP contribution in [0.1, 0.15) is 35.8 Å². The Kier molecular flexibility index (Phi) is 4.00. The van der Waals surface area contributed by atoms with Crippen molar-refractivity contribution in [1.82, 2.24) is 15.1 Å². The fourth-order valence-electron chi connectivity index (χ4n) is 2.80. The minimum atomic E-state index is -0.432. The van der Waals surface area contributed by atoms with E-state index >= 15 is 0 Å². The number of benzene rings is 1. The van der Waals surface area contributed by atoms with E-state index in [1.165, 1.54) is 5.56 Å².